The average Bonchev–Trinajstić information content (AvgIpc) is 2.67. The summed E-state index contributed by atoms with van der Waals surface area (Å²) in [5, 5.41) is 6.46. The maximum absolute atomic E-state index is 6.17. The van der Waals surface area contributed by atoms with Crippen LogP contribution in [-0.4, -0.2) is 0 Å². The molecule has 3 nitrogen and oxygen atoms in total. The molecule has 0 atom stereocenters. The summed E-state index contributed by atoms with van der Waals surface area (Å²) in [7, 11) is 0. The van der Waals surface area contributed by atoms with Crippen molar-refractivity contribution in [2.24, 2.45) is 5.10 Å². The number of nitrogens with one attached hydrogen (secondary N) is 1. The van der Waals surface area contributed by atoms with Crippen LogP contribution in [0.15, 0.2) is 88.4 Å². The van der Waals surface area contributed by atoms with E-state index < -0.39 is 0 Å². The normalized spacial score (nSPS) is 11.7. The monoisotopic (exact) mass is 340 g/mol. The van der Waals surface area contributed by atoms with E-state index >= 15 is 0 Å². The molecule has 0 spiro atoms. The Morgan fingerprint density at radius 2 is 1.50 bits per heavy atom. The van der Waals surface area contributed by atoms with Crippen LogP contribution in [0.25, 0.3) is 22.3 Å². The van der Waals surface area contributed by atoms with Gasteiger partial charge in [-0.2, -0.15) is 5.10 Å². The first-order valence-electron chi connectivity index (χ1n) is 8.65. The Labute approximate surface area is 152 Å². The van der Waals surface area contributed by atoms with Crippen LogP contribution >= 0.6 is 0 Å². The molecule has 3 aromatic carbocycles. The van der Waals surface area contributed by atoms with Gasteiger partial charge in [0.2, 0.25) is 0 Å². The summed E-state index contributed by atoms with van der Waals surface area (Å²) >= 11 is 0. The highest BCUT2D eigenvalue weighted by Gasteiger charge is 2.06. The van der Waals surface area contributed by atoms with Gasteiger partial charge in [0.1, 0.15) is 11.3 Å². The van der Waals surface area contributed by atoms with Crippen molar-refractivity contribution in [2.45, 2.75) is 13.8 Å². The van der Waals surface area contributed by atoms with Crippen molar-refractivity contribution in [1.82, 2.24) is 0 Å². The van der Waals surface area contributed by atoms with Crippen LogP contribution in [0.3, 0.4) is 0 Å². The molecule has 128 valence electrons. The lowest BCUT2D eigenvalue weighted by Crippen LogP contribution is -2.07. The fourth-order valence-electron chi connectivity index (χ4n) is 2.87. The third-order valence-electron chi connectivity index (χ3n) is 4.32. The molecule has 0 aliphatic carbocycles. The molecule has 0 saturated carbocycles. The number of aryl methyl sites for hydroxylation is 2. The maximum atomic E-state index is 6.17. The van der Waals surface area contributed by atoms with E-state index in [1.165, 1.54) is 5.56 Å². The molecule has 4 rings (SSSR count). The Kier molecular flexibility index (Phi) is 4.28. The Balaban J connectivity index is 1.88. The van der Waals surface area contributed by atoms with Gasteiger partial charge >= 0.3 is 0 Å². The molecule has 0 radical (unpaired) electrons. The van der Waals surface area contributed by atoms with E-state index in [0.717, 1.165) is 38.9 Å². The van der Waals surface area contributed by atoms with Gasteiger partial charge in [-0.1, -0.05) is 54.1 Å². The van der Waals surface area contributed by atoms with Crippen LogP contribution in [-0.2, 0) is 0 Å². The molecule has 0 aliphatic heterocycles. The molecule has 0 bridgehead atoms. The zero-order valence-corrected chi connectivity index (χ0v) is 14.9. The van der Waals surface area contributed by atoms with Gasteiger partial charge in [0, 0.05) is 17.0 Å². The van der Waals surface area contributed by atoms with Crippen LogP contribution in [0.4, 0.5) is 5.69 Å². The van der Waals surface area contributed by atoms with Crippen LogP contribution in [0.1, 0.15) is 11.1 Å². The molecule has 1 heterocycles. The van der Waals surface area contributed by atoms with E-state index in [4.69, 9.17) is 4.42 Å². The number of anilines is 1. The minimum Gasteiger partial charge on any atom is -0.456 e. The van der Waals surface area contributed by atoms with Gasteiger partial charge in [-0.25, -0.2) is 0 Å². The fraction of sp³-hybridized carbons (Fsp3) is 0.0870. The highest BCUT2D eigenvalue weighted by atomic mass is 16.3. The minimum absolute atomic E-state index is 0.803. The lowest BCUT2D eigenvalue weighted by molar-refractivity contribution is 0.618. The van der Waals surface area contributed by atoms with Crippen LogP contribution < -0.4 is 10.8 Å². The van der Waals surface area contributed by atoms with Crippen molar-refractivity contribution in [3.05, 3.63) is 95.3 Å². The highest BCUT2D eigenvalue weighted by molar-refractivity contribution is 5.79. The van der Waals surface area contributed by atoms with E-state index in [1.807, 2.05) is 36.4 Å². The molecule has 0 amide bonds. The summed E-state index contributed by atoms with van der Waals surface area (Å²) in [6.07, 6.45) is 0. The Morgan fingerprint density at radius 3 is 2.27 bits per heavy atom. The molecular formula is C23H20N2O. The lowest BCUT2D eigenvalue weighted by Gasteiger charge is -2.07. The third-order valence-corrected chi connectivity index (χ3v) is 4.32. The van der Waals surface area contributed by atoms with Crippen molar-refractivity contribution in [2.75, 3.05) is 5.43 Å². The number of hydrogen-bond donors (Lipinski definition) is 1. The van der Waals surface area contributed by atoms with Crippen molar-refractivity contribution >= 4 is 16.7 Å². The second-order valence-corrected chi connectivity index (χ2v) is 6.45. The van der Waals surface area contributed by atoms with E-state index in [-0.39, 0.29) is 0 Å². The Morgan fingerprint density at radius 1 is 0.769 bits per heavy atom. The van der Waals surface area contributed by atoms with Gasteiger partial charge < -0.3 is 4.42 Å². The molecule has 0 saturated heterocycles. The van der Waals surface area contributed by atoms with Gasteiger partial charge in [-0.05, 0) is 43.7 Å². The summed E-state index contributed by atoms with van der Waals surface area (Å²) in [6.45, 7) is 4.14. The van der Waals surface area contributed by atoms with Gasteiger partial charge in [0.15, 0.2) is 0 Å². The number of benzene rings is 3. The molecule has 4 aromatic rings. The van der Waals surface area contributed by atoms with Crippen LogP contribution in [0, 0.1) is 13.8 Å². The smallest absolute Gasteiger partial charge is 0.137 e. The molecule has 1 N–H and O–H groups in total. The number of hydrogen-bond acceptors (Lipinski definition) is 3. The number of fused-ring (bicyclic) bond motifs is 1. The standard InChI is InChI=1S/C23H20N2O/c1-16-8-11-18(12-9-16)22-15-21(25-24-19-6-4-3-5-7-19)20-13-10-17(2)14-23(20)26-22/h3-15,24H,1-2H3/b25-21-. The SMILES string of the molecule is Cc1ccc(-c2c/c(=N/Nc3ccccc3)c3ccc(C)cc3o2)cc1. The minimum atomic E-state index is 0.803. The van der Waals surface area contributed by atoms with E-state index in [1.54, 1.807) is 0 Å². The number of nitrogens with zero attached hydrogens (tertiary/aromatic N) is 1. The number of rotatable bonds is 3. The first-order valence-corrected chi connectivity index (χ1v) is 8.65. The lowest BCUT2D eigenvalue weighted by atomic mass is 10.1. The first kappa shape index (κ1) is 16.2. The highest BCUT2D eigenvalue weighted by Crippen LogP contribution is 2.23. The second kappa shape index (κ2) is 6.89. The Bertz CT molecular complexity index is 1110. The van der Waals surface area contributed by atoms with E-state index in [0.29, 0.717) is 0 Å². The molecular weight excluding hydrogens is 320 g/mol. The van der Waals surface area contributed by atoms with Crippen molar-refractivity contribution in [1.29, 1.82) is 0 Å². The van der Waals surface area contributed by atoms with Crippen molar-refractivity contribution < 1.29 is 4.42 Å². The molecule has 0 aliphatic rings. The summed E-state index contributed by atoms with van der Waals surface area (Å²) < 4.78 is 6.17. The molecule has 3 heteroatoms. The Hall–Kier alpha value is -3.33. The maximum Gasteiger partial charge on any atom is 0.137 e. The fourth-order valence-corrected chi connectivity index (χ4v) is 2.87. The summed E-state index contributed by atoms with van der Waals surface area (Å²) in [5.41, 5.74) is 8.34. The predicted octanol–water partition coefficient (Wildman–Crippen LogP) is 5.64. The average molecular weight is 340 g/mol. The third kappa shape index (κ3) is 3.38. The van der Waals surface area contributed by atoms with Gasteiger partial charge in [-0.15, -0.1) is 0 Å². The number of para-hydroxylation sites is 1. The van der Waals surface area contributed by atoms with Crippen molar-refractivity contribution in [3.63, 3.8) is 0 Å². The largest absolute Gasteiger partial charge is 0.456 e. The molecule has 0 unspecified atom stereocenters. The van der Waals surface area contributed by atoms with Crippen LogP contribution in [0.5, 0.6) is 0 Å². The molecule has 1 aromatic heterocycles. The zero-order chi connectivity index (χ0) is 17.9. The van der Waals surface area contributed by atoms with Crippen molar-refractivity contribution in [3.8, 4) is 11.3 Å². The van der Waals surface area contributed by atoms with E-state index in [2.05, 4.69) is 66.8 Å². The topological polar surface area (TPSA) is 37.5 Å². The summed E-state index contributed by atoms with van der Waals surface area (Å²) in [5.74, 6) is 0.803. The van der Waals surface area contributed by atoms with Crippen LogP contribution in [0.2, 0.25) is 0 Å². The van der Waals surface area contributed by atoms with Gasteiger partial charge in [0.05, 0.1) is 11.0 Å². The van der Waals surface area contributed by atoms with E-state index in [9.17, 15) is 0 Å². The predicted molar refractivity (Wildman–Crippen MR) is 107 cm³/mol. The van der Waals surface area contributed by atoms with Gasteiger partial charge in [-0.3, -0.25) is 5.43 Å². The summed E-state index contributed by atoms with van der Waals surface area (Å²) in [6, 6.07) is 26.4. The van der Waals surface area contributed by atoms with Gasteiger partial charge in [0.25, 0.3) is 0 Å². The summed E-state index contributed by atoms with van der Waals surface area (Å²) in [4.78, 5) is 0. The quantitative estimate of drug-likeness (QED) is 0.490. The zero-order valence-electron chi connectivity index (χ0n) is 14.9. The second-order valence-electron chi connectivity index (χ2n) is 6.45. The first-order chi connectivity index (χ1) is 12.7. The molecule has 0 fully saturated rings. The molecule has 26 heavy (non-hydrogen) atoms.